The fourth-order valence-electron chi connectivity index (χ4n) is 4.32. The van der Waals surface area contributed by atoms with Gasteiger partial charge in [-0.05, 0) is 63.8 Å². The fraction of sp³-hybridized carbons (Fsp3) is 0.364. The SMILES string of the molecule is Cc1ccc(N=C2C(=O)N3c4c2cc(C)cc4[C@H](C)CC3(C)C)cc1. The van der Waals surface area contributed by atoms with Crippen LogP contribution < -0.4 is 4.90 Å². The molecule has 0 aliphatic carbocycles. The van der Waals surface area contributed by atoms with Crippen LogP contribution in [0.3, 0.4) is 0 Å². The van der Waals surface area contributed by atoms with Crippen LogP contribution >= 0.6 is 0 Å². The van der Waals surface area contributed by atoms with Crippen LogP contribution in [-0.2, 0) is 4.79 Å². The number of rotatable bonds is 1. The average Bonchev–Trinajstić information content (AvgIpc) is 2.80. The smallest absolute Gasteiger partial charge is 0.278 e. The van der Waals surface area contributed by atoms with E-state index in [4.69, 9.17) is 4.99 Å². The van der Waals surface area contributed by atoms with Gasteiger partial charge in [-0.2, -0.15) is 0 Å². The lowest BCUT2D eigenvalue weighted by molar-refractivity contribution is -0.113. The molecule has 0 saturated carbocycles. The minimum atomic E-state index is -0.196. The van der Waals surface area contributed by atoms with Gasteiger partial charge in [0.25, 0.3) is 5.91 Å². The Morgan fingerprint density at radius 3 is 2.44 bits per heavy atom. The summed E-state index contributed by atoms with van der Waals surface area (Å²) in [5.41, 5.74) is 6.92. The third-order valence-electron chi connectivity index (χ3n) is 5.38. The molecule has 0 aromatic heterocycles. The van der Waals surface area contributed by atoms with Crippen LogP contribution in [0.5, 0.6) is 0 Å². The second-order valence-electron chi connectivity index (χ2n) is 8.10. The van der Waals surface area contributed by atoms with E-state index in [0.717, 1.165) is 23.4 Å². The molecule has 0 radical (unpaired) electrons. The second kappa shape index (κ2) is 5.29. The van der Waals surface area contributed by atoms with E-state index >= 15 is 0 Å². The molecule has 128 valence electrons. The normalized spacial score (nSPS) is 22.4. The number of aliphatic imine (C=N–C) groups is 1. The van der Waals surface area contributed by atoms with Gasteiger partial charge in [0.15, 0.2) is 0 Å². The first-order valence-electron chi connectivity index (χ1n) is 8.93. The largest absolute Gasteiger partial charge is 0.300 e. The van der Waals surface area contributed by atoms with Crippen LogP contribution in [0.15, 0.2) is 41.4 Å². The molecule has 2 aromatic rings. The van der Waals surface area contributed by atoms with E-state index in [1.54, 1.807) is 0 Å². The molecule has 2 heterocycles. The zero-order valence-electron chi connectivity index (χ0n) is 15.6. The highest BCUT2D eigenvalue weighted by Crippen LogP contribution is 2.49. The highest BCUT2D eigenvalue weighted by molar-refractivity contribution is 6.55. The van der Waals surface area contributed by atoms with Gasteiger partial charge in [0.2, 0.25) is 0 Å². The molecule has 0 fully saturated rings. The number of carbonyl (C=O) groups is 1. The summed E-state index contributed by atoms with van der Waals surface area (Å²) in [5, 5.41) is 0. The molecule has 0 unspecified atom stereocenters. The van der Waals surface area contributed by atoms with Crippen molar-refractivity contribution < 1.29 is 4.79 Å². The molecule has 0 saturated heterocycles. The van der Waals surface area contributed by atoms with Crippen molar-refractivity contribution in [3.8, 4) is 0 Å². The lowest BCUT2D eigenvalue weighted by atomic mass is 9.80. The zero-order chi connectivity index (χ0) is 17.9. The van der Waals surface area contributed by atoms with E-state index in [9.17, 15) is 4.79 Å². The molecule has 2 aliphatic heterocycles. The van der Waals surface area contributed by atoms with E-state index in [1.165, 1.54) is 16.7 Å². The number of aryl methyl sites for hydroxylation is 2. The summed E-state index contributed by atoms with van der Waals surface area (Å²) >= 11 is 0. The topological polar surface area (TPSA) is 32.7 Å². The van der Waals surface area contributed by atoms with Crippen LogP contribution in [0.25, 0.3) is 0 Å². The first-order valence-corrected chi connectivity index (χ1v) is 8.93. The summed E-state index contributed by atoms with van der Waals surface area (Å²) in [6, 6.07) is 12.3. The number of hydrogen-bond donors (Lipinski definition) is 0. The van der Waals surface area contributed by atoms with Gasteiger partial charge in [-0.15, -0.1) is 0 Å². The summed E-state index contributed by atoms with van der Waals surface area (Å²) in [7, 11) is 0. The van der Waals surface area contributed by atoms with Gasteiger partial charge >= 0.3 is 0 Å². The highest BCUT2D eigenvalue weighted by atomic mass is 16.2. The Morgan fingerprint density at radius 2 is 1.76 bits per heavy atom. The molecular formula is C22H24N2O. The lowest BCUT2D eigenvalue weighted by Gasteiger charge is -2.43. The summed E-state index contributed by atoms with van der Waals surface area (Å²) in [4.78, 5) is 20.0. The quantitative estimate of drug-likeness (QED) is 0.718. The Hall–Kier alpha value is -2.42. The third kappa shape index (κ3) is 2.41. The van der Waals surface area contributed by atoms with Crippen molar-refractivity contribution in [2.24, 2.45) is 4.99 Å². The van der Waals surface area contributed by atoms with Gasteiger partial charge in [-0.3, -0.25) is 4.79 Å². The summed E-state index contributed by atoms with van der Waals surface area (Å²) in [6.45, 7) is 10.7. The first-order chi connectivity index (χ1) is 11.8. The van der Waals surface area contributed by atoms with Crippen molar-refractivity contribution in [3.63, 3.8) is 0 Å². The predicted molar refractivity (Wildman–Crippen MR) is 103 cm³/mol. The van der Waals surface area contributed by atoms with Crippen molar-refractivity contribution in [1.29, 1.82) is 0 Å². The van der Waals surface area contributed by atoms with Gasteiger partial charge in [0, 0.05) is 11.1 Å². The van der Waals surface area contributed by atoms with Gasteiger partial charge in [0.05, 0.1) is 11.4 Å². The highest BCUT2D eigenvalue weighted by Gasteiger charge is 2.47. The van der Waals surface area contributed by atoms with Gasteiger partial charge in [-0.1, -0.05) is 36.2 Å². The number of nitrogens with zero attached hydrogens (tertiary/aromatic N) is 2. The summed E-state index contributed by atoms with van der Waals surface area (Å²) in [6.07, 6.45) is 0.965. The maximum atomic E-state index is 13.3. The monoisotopic (exact) mass is 332 g/mol. The first kappa shape index (κ1) is 16.1. The Kier molecular flexibility index (Phi) is 3.40. The Labute approximate surface area is 149 Å². The van der Waals surface area contributed by atoms with Crippen LogP contribution in [-0.4, -0.2) is 17.2 Å². The molecular weight excluding hydrogens is 308 g/mol. The number of hydrogen-bond acceptors (Lipinski definition) is 2. The van der Waals surface area contributed by atoms with Crippen LogP contribution in [0.1, 0.15) is 55.4 Å². The maximum absolute atomic E-state index is 13.3. The molecule has 2 aliphatic rings. The van der Waals surface area contributed by atoms with Gasteiger partial charge in [0.1, 0.15) is 5.71 Å². The standard InChI is InChI=1S/C22H24N2O/c1-13-6-8-16(9-7-13)23-19-18-11-14(2)10-17-15(3)12-22(4,5)24(20(17)18)21(19)25/h6-11,15H,12H2,1-5H3/t15-/m1/s1. The molecule has 0 spiro atoms. The van der Waals surface area contributed by atoms with Crippen molar-refractivity contribution in [2.45, 2.75) is 52.5 Å². The van der Waals surface area contributed by atoms with Gasteiger partial charge in [-0.25, -0.2) is 4.99 Å². The number of benzene rings is 2. The summed E-state index contributed by atoms with van der Waals surface area (Å²) in [5.74, 6) is 0.464. The summed E-state index contributed by atoms with van der Waals surface area (Å²) < 4.78 is 0. The minimum Gasteiger partial charge on any atom is -0.300 e. The molecule has 1 atom stereocenters. The minimum absolute atomic E-state index is 0.0272. The maximum Gasteiger partial charge on any atom is 0.278 e. The molecule has 2 aromatic carbocycles. The Morgan fingerprint density at radius 1 is 1.08 bits per heavy atom. The van der Waals surface area contributed by atoms with E-state index in [0.29, 0.717) is 11.6 Å². The number of anilines is 1. The van der Waals surface area contributed by atoms with Crippen molar-refractivity contribution in [1.82, 2.24) is 0 Å². The Bertz CT molecular complexity index is 906. The van der Waals surface area contributed by atoms with Gasteiger partial charge < -0.3 is 4.90 Å². The molecule has 4 rings (SSSR count). The van der Waals surface area contributed by atoms with Crippen molar-refractivity contribution in [3.05, 3.63) is 58.7 Å². The lowest BCUT2D eigenvalue weighted by Crippen LogP contribution is -2.50. The zero-order valence-corrected chi connectivity index (χ0v) is 15.6. The van der Waals surface area contributed by atoms with E-state index in [1.807, 2.05) is 29.2 Å². The molecule has 3 nitrogen and oxygen atoms in total. The Balaban J connectivity index is 1.95. The van der Waals surface area contributed by atoms with Crippen LogP contribution in [0.4, 0.5) is 11.4 Å². The van der Waals surface area contributed by atoms with Crippen LogP contribution in [0.2, 0.25) is 0 Å². The van der Waals surface area contributed by atoms with Crippen molar-refractivity contribution >= 4 is 23.0 Å². The third-order valence-corrected chi connectivity index (χ3v) is 5.38. The van der Waals surface area contributed by atoms with E-state index in [-0.39, 0.29) is 11.4 Å². The van der Waals surface area contributed by atoms with E-state index < -0.39 is 0 Å². The molecule has 1 amide bonds. The average molecular weight is 332 g/mol. The predicted octanol–water partition coefficient (Wildman–Crippen LogP) is 5.06. The fourth-order valence-corrected chi connectivity index (χ4v) is 4.32. The molecule has 25 heavy (non-hydrogen) atoms. The number of carbonyl (C=O) groups excluding carboxylic acids is 1. The molecule has 0 N–H and O–H groups in total. The van der Waals surface area contributed by atoms with E-state index in [2.05, 4.69) is 46.8 Å². The van der Waals surface area contributed by atoms with Crippen molar-refractivity contribution in [2.75, 3.05) is 4.90 Å². The number of amides is 1. The van der Waals surface area contributed by atoms with Crippen LogP contribution in [0, 0.1) is 13.8 Å². The molecule has 0 bridgehead atoms. The molecule has 3 heteroatoms. The second-order valence-corrected chi connectivity index (χ2v) is 8.10.